The van der Waals surface area contributed by atoms with Gasteiger partial charge in [0.15, 0.2) is 0 Å². The smallest absolute Gasteiger partial charge is 0.0707 e. The van der Waals surface area contributed by atoms with Crippen molar-refractivity contribution in [3.8, 4) is 0 Å². The van der Waals surface area contributed by atoms with Gasteiger partial charge in [0, 0.05) is 57.5 Å². The van der Waals surface area contributed by atoms with Gasteiger partial charge in [-0.05, 0) is 55.0 Å². The van der Waals surface area contributed by atoms with Crippen LogP contribution in [0.25, 0.3) is 0 Å². The molecule has 244 valence electrons. The fourth-order valence-corrected chi connectivity index (χ4v) is 11.2. The lowest BCUT2D eigenvalue weighted by Crippen LogP contribution is -2.17. The molecule has 6 rings (SSSR count). The third kappa shape index (κ3) is 7.41. The third-order valence-corrected chi connectivity index (χ3v) is 14.3. The maximum atomic E-state index is 2.41. The SMILES string of the molecule is CC(C)(C)c1cc(Cn2cc3c(c2)SC(=C2Sc4cn(Cc5cc(C(C)(C)C)cc(C(C)(C)C)c5)cc4S2)S3)cc(C(C)(C)C)c1. The maximum absolute atomic E-state index is 2.41. The summed E-state index contributed by atoms with van der Waals surface area (Å²) < 4.78 is 7.61. The van der Waals surface area contributed by atoms with Crippen molar-refractivity contribution in [3.63, 3.8) is 0 Å². The first kappa shape index (κ1) is 34.0. The van der Waals surface area contributed by atoms with Crippen molar-refractivity contribution in [2.45, 2.75) is 137 Å². The van der Waals surface area contributed by atoms with Crippen LogP contribution in [0.5, 0.6) is 0 Å². The van der Waals surface area contributed by atoms with E-state index >= 15 is 0 Å². The quantitative estimate of drug-likeness (QED) is 0.211. The van der Waals surface area contributed by atoms with Gasteiger partial charge >= 0.3 is 0 Å². The minimum absolute atomic E-state index is 0.130. The zero-order valence-corrected chi connectivity index (χ0v) is 33.0. The van der Waals surface area contributed by atoms with E-state index < -0.39 is 0 Å². The van der Waals surface area contributed by atoms with Crippen LogP contribution in [0.4, 0.5) is 0 Å². The summed E-state index contributed by atoms with van der Waals surface area (Å²) in [7, 11) is 0. The molecule has 0 radical (unpaired) electrons. The van der Waals surface area contributed by atoms with E-state index in [1.165, 1.54) is 61.4 Å². The van der Waals surface area contributed by atoms with Crippen molar-refractivity contribution >= 4 is 47.0 Å². The predicted octanol–water partition coefficient (Wildman–Crippen LogP) is 12.8. The Bertz CT molecular complexity index is 1580. The van der Waals surface area contributed by atoms with E-state index in [1.807, 2.05) is 47.0 Å². The molecule has 0 fully saturated rings. The molecule has 0 aliphatic carbocycles. The second-order valence-electron chi connectivity index (χ2n) is 17.1. The van der Waals surface area contributed by atoms with Gasteiger partial charge in [-0.2, -0.15) is 0 Å². The molecule has 0 amide bonds. The molecule has 0 saturated carbocycles. The van der Waals surface area contributed by atoms with Gasteiger partial charge in [0.05, 0.1) is 8.47 Å². The molecule has 4 heterocycles. The Morgan fingerprint density at radius 2 is 0.630 bits per heavy atom. The summed E-state index contributed by atoms with van der Waals surface area (Å²) in [5, 5.41) is 0. The molecule has 4 aromatic rings. The average molecular weight is 687 g/mol. The van der Waals surface area contributed by atoms with Gasteiger partial charge in [-0.15, -0.1) is 0 Å². The Morgan fingerprint density at radius 1 is 0.391 bits per heavy atom. The topological polar surface area (TPSA) is 9.86 Å². The Balaban J connectivity index is 1.15. The summed E-state index contributed by atoms with van der Waals surface area (Å²) in [6.07, 6.45) is 9.40. The van der Waals surface area contributed by atoms with Crippen LogP contribution in [0.3, 0.4) is 0 Å². The van der Waals surface area contributed by atoms with Gasteiger partial charge in [-0.1, -0.05) is 167 Å². The summed E-state index contributed by atoms with van der Waals surface area (Å²) >= 11 is 7.77. The Morgan fingerprint density at radius 3 is 0.848 bits per heavy atom. The lowest BCUT2D eigenvalue weighted by atomic mass is 9.79. The van der Waals surface area contributed by atoms with E-state index in [0.29, 0.717) is 0 Å². The van der Waals surface area contributed by atoms with Crippen LogP contribution >= 0.6 is 47.0 Å². The van der Waals surface area contributed by atoms with E-state index in [4.69, 9.17) is 0 Å². The highest BCUT2D eigenvalue weighted by atomic mass is 32.2. The number of nitrogens with zero attached hydrogens (tertiary/aromatic N) is 2. The van der Waals surface area contributed by atoms with E-state index in [1.54, 1.807) is 0 Å². The highest BCUT2D eigenvalue weighted by molar-refractivity contribution is 8.30. The van der Waals surface area contributed by atoms with E-state index in [-0.39, 0.29) is 21.7 Å². The number of rotatable bonds is 4. The molecule has 2 aliphatic heterocycles. The van der Waals surface area contributed by atoms with Gasteiger partial charge in [0.2, 0.25) is 0 Å². The maximum Gasteiger partial charge on any atom is 0.0707 e. The standard InChI is InChI=1S/C40H50N2S4/c1-37(2,3)27-13-25(14-28(17-27)38(4,5)6)19-41-21-31-32(22-41)44-35(43-31)36-45-33-23-42(24-34(33)46-36)20-26-15-29(39(7,8)9)18-30(16-26)40(10,11)12/h13-18,21-24H,19-20H2,1-12H3. The third-order valence-electron chi connectivity index (χ3n) is 8.78. The Hall–Kier alpha value is -1.86. The molecule has 0 saturated heterocycles. The summed E-state index contributed by atoms with van der Waals surface area (Å²) in [6.45, 7) is 29.6. The largest absolute Gasteiger partial charge is 0.348 e. The van der Waals surface area contributed by atoms with Crippen molar-refractivity contribution in [2.24, 2.45) is 0 Å². The highest BCUT2D eigenvalue weighted by Crippen LogP contribution is 2.61. The second-order valence-corrected chi connectivity index (χ2v) is 21.9. The first-order valence-electron chi connectivity index (χ1n) is 16.4. The number of benzene rings is 2. The van der Waals surface area contributed by atoms with Crippen molar-refractivity contribution in [3.05, 3.63) is 103 Å². The minimum Gasteiger partial charge on any atom is -0.348 e. The molecule has 46 heavy (non-hydrogen) atoms. The molecule has 2 aromatic heterocycles. The van der Waals surface area contributed by atoms with Crippen molar-refractivity contribution in [2.75, 3.05) is 0 Å². The fourth-order valence-electron chi connectivity index (χ4n) is 5.75. The molecule has 0 N–H and O–H groups in total. The average Bonchev–Trinajstić information content (AvgIpc) is 3.66. The van der Waals surface area contributed by atoms with Crippen LogP contribution in [-0.2, 0) is 34.7 Å². The van der Waals surface area contributed by atoms with Crippen LogP contribution in [0.2, 0.25) is 0 Å². The van der Waals surface area contributed by atoms with Crippen LogP contribution in [0, 0.1) is 0 Å². The van der Waals surface area contributed by atoms with Crippen molar-refractivity contribution < 1.29 is 0 Å². The minimum atomic E-state index is 0.130. The number of hydrogen-bond donors (Lipinski definition) is 0. The Labute approximate surface area is 295 Å². The highest BCUT2D eigenvalue weighted by Gasteiger charge is 2.30. The molecular weight excluding hydrogens is 637 g/mol. The number of aromatic nitrogens is 2. The lowest BCUT2D eigenvalue weighted by molar-refractivity contribution is 0.565. The monoisotopic (exact) mass is 686 g/mol. The van der Waals surface area contributed by atoms with Crippen molar-refractivity contribution in [1.29, 1.82) is 0 Å². The normalized spacial score (nSPS) is 15.6. The van der Waals surface area contributed by atoms with Crippen molar-refractivity contribution in [1.82, 2.24) is 9.13 Å². The van der Waals surface area contributed by atoms with E-state index in [0.717, 1.165) is 13.1 Å². The van der Waals surface area contributed by atoms with Gasteiger partial charge in [-0.3, -0.25) is 0 Å². The van der Waals surface area contributed by atoms with Crippen LogP contribution < -0.4 is 0 Å². The van der Waals surface area contributed by atoms with Gasteiger partial charge in [0.25, 0.3) is 0 Å². The molecule has 2 aliphatic rings. The molecule has 2 nitrogen and oxygen atoms in total. The molecule has 0 unspecified atom stereocenters. The summed E-state index contributed by atoms with van der Waals surface area (Å²) in [5.41, 5.74) is 8.97. The number of thioether (sulfide) groups is 4. The van der Waals surface area contributed by atoms with Crippen LogP contribution in [-0.4, -0.2) is 9.13 Å². The zero-order chi connectivity index (χ0) is 33.4. The lowest BCUT2D eigenvalue weighted by Gasteiger charge is -2.26. The molecule has 6 heteroatoms. The van der Waals surface area contributed by atoms with Crippen LogP contribution in [0.1, 0.15) is 116 Å². The van der Waals surface area contributed by atoms with E-state index in [9.17, 15) is 0 Å². The van der Waals surface area contributed by atoms with E-state index in [2.05, 4.69) is 153 Å². The first-order chi connectivity index (χ1) is 21.2. The Kier molecular flexibility index (Phi) is 8.82. The molecule has 0 bridgehead atoms. The molecule has 2 aromatic carbocycles. The molecular formula is C40H50N2S4. The molecule has 0 atom stereocenters. The molecule has 0 spiro atoms. The predicted molar refractivity (Wildman–Crippen MR) is 205 cm³/mol. The zero-order valence-electron chi connectivity index (χ0n) is 29.7. The van der Waals surface area contributed by atoms with Gasteiger partial charge in [-0.25, -0.2) is 0 Å². The number of hydrogen-bond acceptors (Lipinski definition) is 4. The van der Waals surface area contributed by atoms with Crippen LogP contribution in [0.15, 0.2) is 89.2 Å². The van der Waals surface area contributed by atoms with Gasteiger partial charge in [0.1, 0.15) is 0 Å². The second kappa shape index (κ2) is 11.9. The summed E-state index contributed by atoms with van der Waals surface area (Å²) in [5.74, 6) is 0. The fraction of sp³-hybridized carbons (Fsp3) is 0.450. The summed E-state index contributed by atoms with van der Waals surface area (Å²) in [4.78, 5) is 5.52. The number of fused-ring (bicyclic) bond motifs is 2. The summed E-state index contributed by atoms with van der Waals surface area (Å²) in [6, 6.07) is 14.5. The first-order valence-corrected chi connectivity index (χ1v) is 19.6. The van der Waals surface area contributed by atoms with Gasteiger partial charge < -0.3 is 9.13 Å².